The van der Waals surface area contributed by atoms with Gasteiger partial charge in [0.1, 0.15) is 0 Å². The van der Waals surface area contributed by atoms with Crippen LogP contribution in [0.3, 0.4) is 0 Å². The minimum Gasteiger partial charge on any atom is -0.339 e. The third-order valence-corrected chi connectivity index (χ3v) is 5.11. The highest BCUT2D eigenvalue weighted by atomic mass is 16.2. The van der Waals surface area contributed by atoms with Crippen molar-refractivity contribution in [2.24, 2.45) is 0 Å². The summed E-state index contributed by atoms with van der Waals surface area (Å²) < 4.78 is 0. The maximum atomic E-state index is 12.5. The van der Waals surface area contributed by atoms with E-state index in [1.54, 1.807) is 0 Å². The Kier molecular flexibility index (Phi) is 4.26. The zero-order valence-corrected chi connectivity index (χ0v) is 14.3. The molecule has 1 saturated heterocycles. The Morgan fingerprint density at radius 1 is 0.920 bits per heavy atom. The molecule has 2 aliphatic heterocycles. The molecular weight excluding hydrogens is 312 g/mol. The number of benzene rings is 2. The fourth-order valence-electron chi connectivity index (χ4n) is 3.69. The molecule has 4 rings (SSSR count). The lowest BCUT2D eigenvalue weighted by Crippen LogP contribution is -2.35. The lowest BCUT2D eigenvalue weighted by Gasteiger charge is -2.26. The number of rotatable bonds is 3. The van der Waals surface area contributed by atoms with Crippen LogP contribution in [0.15, 0.2) is 48.5 Å². The van der Waals surface area contributed by atoms with Crippen LogP contribution in [-0.4, -0.2) is 34.7 Å². The molecule has 4 nitrogen and oxygen atoms in total. The Hall–Kier alpha value is -2.62. The van der Waals surface area contributed by atoms with Gasteiger partial charge in [0.25, 0.3) is 11.8 Å². The van der Waals surface area contributed by atoms with Gasteiger partial charge in [-0.1, -0.05) is 30.3 Å². The Bertz CT molecular complexity index is 792. The van der Waals surface area contributed by atoms with Crippen LogP contribution in [0, 0.1) is 0 Å². The maximum Gasteiger partial charge on any atom is 0.254 e. The Balaban J connectivity index is 1.43. The molecule has 2 heterocycles. The number of hydrogen-bond donors (Lipinski definition) is 0. The summed E-state index contributed by atoms with van der Waals surface area (Å²) in [4.78, 5) is 28.8. The van der Waals surface area contributed by atoms with Crippen LogP contribution in [-0.2, 0) is 13.1 Å². The van der Waals surface area contributed by atoms with Crippen molar-refractivity contribution < 1.29 is 9.59 Å². The first kappa shape index (κ1) is 15.9. The fraction of sp³-hybridized carbons (Fsp3) is 0.333. The van der Waals surface area contributed by atoms with Crippen molar-refractivity contribution in [1.29, 1.82) is 0 Å². The molecule has 2 aromatic carbocycles. The first-order chi connectivity index (χ1) is 12.2. The van der Waals surface area contributed by atoms with Crippen LogP contribution in [0.25, 0.3) is 0 Å². The second-order valence-electron chi connectivity index (χ2n) is 6.87. The summed E-state index contributed by atoms with van der Waals surface area (Å²) in [5.74, 6) is 0.208. The summed E-state index contributed by atoms with van der Waals surface area (Å²) in [6.07, 6.45) is 3.41. The topological polar surface area (TPSA) is 40.6 Å². The molecule has 2 aliphatic rings. The van der Waals surface area contributed by atoms with Crippen LogP contribution in [0.5, 0.6) is 0 Å². The van der Waals surface area contributed by atoms with Crippen LogP contribution < -0.4 is 0 Å². The van der Waals surface area contributed by atoms with E-state index >= 15 is 0 Å². The SMILES string of the molecule is O=C(c1ccc(CN2Cc3ccccc3C2=O)cc1)N1CCCCC1. The van der Waals surface area contributed by atoms with E-state index < -0.39 is 0 Å². The molecule has 0 N–H and O–H groups in total. The number of fused-ring (bicyclic) bond motifs is 1. The minimum absolute atomic E-state index is 0.0871. The van der Waals surface area contributed by atoms with Gasteiger partial charge in [-0.25, -0.2) is 0 Å². The van der Waals surface area contributed by atoms with Gasteiger partial charge in [0.05, 0.1) is 0 Å². The van der Waals surface area contributed by atoms with Gasteiger partial charge in [-0.3, -0.25) is 9.59 Å². The van der Waals surface area contributed by atoms with E-state index in [1.807, 2.05) is 58.3 Å². The zero-order chi connectivity index (χ0) is 17.2. The van der Waals surface area contributed by atoms with Crippen LogP contribution >= 0.6 is 0 Å². The number of hydrogen-bond acceptors (Lipinski definition) is 2. The van der Waals surface area contributed by atoms with Crippen LogP contribution in [0.4, 0.5) is 0 Å². The summed E-state index contributed by atoms with van der Waals surface area (Å²) in [5, 5.41) is 0. The number of amides is 2. The summed E-state index contributed by atoms with van der Waals surface area (Å²) in [5.41, 5.74) is 3.68. The van der Waals surface area contributed by atoms with Gasteiger partial charge < -0.3 is 9.80 Å². The quantitative estimate of drug-likeness (QED) is 0.862. The first-order valence-corrected chi connectivity index (χ1v) is 8.98. The first-order valence-electron chi connectivity index (χ1n) is 8.98. The van der Waals surface area contributed by atoms with Crippen molar-refractivity contribution in [1.82, 2.24) is 9.80 Å². The molecule has 2 aromatic rings. The number of nitrogens with zero attached hydrogens (tertiary/aromatic N) is 2. The van der Waals surface area contributed by atoms with E-state index in [1.165, 1.54) is 6.42 Å². The minimum atomic E-state index is 0.0871. The third kappa shape index (κ3) is 3.16. The monoisotopic (exact) mass is 334 g/mol. The lowest BCUT2D eigenvalue weighted by molar-refractivity contribution is 0.0722. The largest absolute Gasteiger partial charge is 0.339 e. The smallest absolute Gasteiger partial charge is 0.254 e. The molecule has 25 heavy (non-hydrogen) atoms. The molecule has 0 radical (unpaired) electrons. The molecule has 0 bridgehead atoms. The van der Waals surface area contributed by atoms with Gasteiger partial charge in [-0.05, 0) is 48.6 Å². The molecule has 0 saturated carbocycles. The van der Waals surface area contributed by atoms with Gasteiger partial charge >= 0.3 is 0 Å². The van der Waals surface area contributed by atoms with Gasteiger partial charge in [0.15, 0.2) is 0 Å². The van der Waals surface area contributed by atoms with E-state index in [4.69, 9.17) is 0 Å². The van der Waals surface area contributed by atoms with E-state index in [0.717, 1.165) is 48.2 Å². The Morgan fingerprint density at radius 3 is 2.36 bits per heavy atom. The van der Waals surface area contributed by atoms with E-state index in [9.17, 15) is 9.59 Å². The number of likely N-dealkylation sites (tertiary alicyclic amines) is 1. The van der Waals surface area contributed by atoms with E-state index in [0.29, 0.717) is 13.1 Å². The molecule has 1 fully saturated rings. The van der Waals surface area contributed by atoms with Gasteiger partial charge in [0.2, 0.25) is 0 Å². The van der Waals surface area contributed by atoms with Gasteiger partial charge in [-0.15, -0.1) is 0 Å². The van der Waals surface area contributed by atoms with Gasteiger partial charge in [0, 0.05) is 37.3 Å². The Labute approximate surface area is 148 Å². The summed E-state index contributed by atoms with van der Waals surface area (Å²) in [6.45, 7) is 2.96. The molecule has 0 spiro atoms. The normalized spacial score (nSPS) is 16.9. The molecule has 0 atom stereocenters. The van der Waals surface area contributed by atoms with Crippen molar-refractivity contribution in [2.45, 2.75) is 32.4 Å². The van der Waals surface area contributed by atoms with Crippen LogP contribution in [0.1, 0.15) is 51.1 Å². The zero-order valence-electron chi connectivity index (χ0n) is 14.3. The second kappa shape index (κ2) is 6.71. The van der Waals surface area contributed by atoms with Gasteiger partial charge in [-0.2, -0.15) is 0 Å². The molecule has 4 heteroatoms. The predicted octanol–water partition coefficient (Wildman–Crippen LogP) is 3.47. The predicted molar refractivity (Wildman–Crippen MR) is 96.2 cm³/mol. The lowest BCUT2D eigenvalue weighted by atomic mass is 10.1. The van der Waals surface area contributed by atoms with Crippen molar-refractivity contribution in [2.75, 3.05) is 13.1 Å². The molecule has 2 amide bonds. The standard InChI is InChI=1S/C21H22N2O2/c24-20(22-12-4-1-5-13-22)17-10-8-16(9-11-17)14-23-15-18-6-2-3-7-19(18)21(23)25/h2-3,6-11H,1,4-5,12-15H2. The van der Waals surface area contributed by atoms with E-state index in [2.05, 4.69) is 0 Å². The summed E-state index contributed by atoms with van der Waals surface area (Å²) in [6, 6.07) is 15.5. The van der Waals surface area contributed by atoms with E-state index in [-0.39, 0.29) is 11.8 Å². The fourth-order valence-corrected chi connectivity index (χ4v) is 3.69. The molecule has 128 valence electrons. The molecule has 0 unspecified atom stereocenters. The number of piperidine rings is 1. The average molecular weight is 334 g/mol. The number of carbonyl (C=O) groups is 2. The molecular formula is C21H22N2O2. The molecule has 0 aromatic heterocycles. The molecule has 0 aliphatic carbocycles. The number of carbonyl (C=O) groups excluding carboxylic acids is 2. The highest BCUT2D eigenvalue weighted by Crippen LogP contribution is 2.24. The highest BCUT2D eigenvalue weighted by molar-refractivity contribution is 5.98. The van der Waals surface area contributed by atoms with Crippen LogP contribution in [0.2, 0.25) is 0 Å². The summed E-state index contributed by atoms with van der Waals surface area (Å²) in [7, 11) is 0. The second-order valence-corrected chi connectivity index (χ2v) is 6.87. The Morgan fingerprint density at radius 2 is 1.64 bits per heavy atom. The van der Waals surface area contributed by atoms with Crippen molar-refractivity contribution in [3.05, 3.63) is 70.8 Å². The van der Waals surface area contributed by atoms with Crippen molar-refractivity contribution in [3.63, 3.8) is 0 Å². The summed E-state index contributed by atoms with van der Waals surface area (Å²) >= 11 is 0. The van der Waals surface area contributed by atoms with Crippen molar-refractivity contribution >= 4 is 11.8 Å². The maximum absolute atomic E-state index is 12.5. The highest BCUT2D eigenvalue weighted by Gasteiger charge is 2.26. The average Bonchev–Trinajstić information content (AvgIpc) is 2.98. The third-order valence-electron chi connectivity index (χ3n) is 5.11. The van der Waals surface area contributed by atoms with Crippen molar-refractivity contribution in [3.8, 4) is 0 Å².